The van der Waals surface area contributed by atoms with Gasteiger partial charge in [-0.2, -0.15) is 10.1 Å². The molecule has 1 unspecified atom stereocenters. The number of morpholine rings is 1. The van der Waals surface area contributed by atoms with E-state index in [1.54, 1.807) is 29.0 Å². The van der Waals surface area contributed by atoms with Crippen molar-refractivity contribution in [3.8, 4) is 11.5 Å². The number of rotatable bonds is 4. The number of aromatic nitrogens is 4. The Morgan fingerprint density at radius 3 is 2.88 bits per heavy atom. The Hall–Kier alpha value is -2.75. The minimum absolute atomic E-state index is 0.187. The molecule has 4 rings (SSSR count). The quantitative estimate of drug-likeness (QED) is 0.825. The number of ether oxygens (including phenoxy) is 1. The predicted octanol–water partition coefficient (Wildman–Crippen LogP) is 0.0907. The zero-order chi connectivity index (χ0) is 17.6. The van der Waals surface area contributed by atoms with Gasteiger partial charge in [0.05, 0.1) is 36.8 Å². The van der Waals surface area contributed by atoms with Crippen molar-refractivity contribution in [2.75, 3.05) is 19.8 Å². The summed E-state index contributed by atoms with van der Waals surface area (Å²) in [6.45, 7) is 1.03. The number of carbonyl (C=O) groups excluding carboxylic acids is 1. The summed E-state index contributed by atoms with van der Waals surface area (Å²) in [5.41, 5.74) is 0.684. The van der Waals surface area contributed by atoms with Crippen molar-refractivity contribution in [3.05, 3.63) is 18.2 Å². The first-order valence-electron chi connectivity index (χ1n) is 7.98. The first-order valence-corrected chi connectivity index (χ1v) is 7.98. The van der Waals surface area contributed by atoms with Crippen LogP contribution < -0.4 is 0 Å². The SMILES string of the molecule is Cn1cc(-c2nc(C3COCCN3C(=O)[C@@H]3C[C@H]3C(=O)O)no2)cn1. The number of hydrogen-bond acceptors (Lipinski definition) is 7. The third kappa shape index (κ3) is 2.88. The molecule has 1 saturated carbocycles. The molecule has 1 saturated heterocycles. The Morgan fingerprint density at radius 2 is 2.20 bits per heavy atom. The molecule has 1 aliphatic carbocycles. The van der Waals surface area contributed by atoms with E-state index < -0.39 is 23.8 Å². The Labute approximate surface area is 142 Å². The zero-order valence-corrected chi connectivity index (χ0v) is 13.5. The standard InChI is InChI=1S/C15H17N5O5/c1-19-6-8(5-16-19)13-17-12(18-25-13)11-7-24-3-2-20(11)14(21)9-4-10(9)15(22)23/h5-6,9-11H,2-4,7H2,1H3,(H,22,23)/t9-,10-,11?/m1/s1. The van der Waals surface area contributed by atoms with Crippen molar-refractivity contribution in [3.63, 3.8) is 0 Å². The Morgan fingerprint density at radius 1 is 1.36 bits per heavy atom. The zero-order valence-electron chi connectivity index (χ0n) is 13.5. The number of nitrogens with zero attached hydrogens (tertiary/aromatic N) is 5. The van der Waals surface area contributed by atoms with Crippen LogP contribution in [0.1, 0.15) is 18.3 Å². The van der Waals surface area contributed by atoms with Gasteiger partial charge in [-0.25, -0.2) is 0 Å². The van der Waals surface area contributed by atoms with Crippen LogP contribution in [0.2, 0.25) is 0 Å². The molecule has 10 nitrogen and oxygen atoms in total. The molecule has 0 spiro atoms. The molecule has 10 heteroatoms. The van der Waals surface area contributed by atoms with E-state index in [0.717, 1.165) is 0 Å². The molecule has 132 valence electrons. The number of carbonyl (C=O) groups is 2. The molecule has 0 bridgehead atoms. The molecule has 2 aliphatic rings. The van der Waals surface area contributed by atoms with Crippen molar-refractivity contribution in [1.82, 2.24) is 24.8 Å². The van der Waals surface area contributed by atoms with Crippen molar-refractivity contribution >= 4 is 11.9 Å². The second kappa shape index (κ2) is 5.96. The second-order valence-electron chi connectivity index (χ2n) is 6.27. The van der Waals surface area contributed by atoms with Crippen LogP contribution in [0.3, 0.4) is 0 Å². The van der Waals surface area contributed by atoms with E-state index in [-0.39, 0.29) is 12.5 Å². The van der Waals surface area contributed by atoms with Crippen LogP contribution in [-0.4, -0.2) is 61.6 Å². The monoisotopic (exact) mass is 347 g/mol. The molecule has 3 heterocycles. The maximum absolute atomic E-state index is 12.6. The van der Waals surface area contributed by atoms with Crippen LogP contribution in [0.25, 0.3) is 11.5 Å². The molecule has 3 atom stereocenters. The Kier molecular flexibility index (Phi) is 3.75. The number of carboxylic acid groups (broad SMARTS) is 1. The predicted molar refractivity (Wildman–Crippen MR) is 81.0 cm³/mol. The van der Waals surface area contributed by atoms with E-state index >= 15 is 0 Å². The van der Waals surface area contributed by atoms with E-state index in [0.29, 0.717) is 36.9 Å². The summed E-state index contributed by atoms with van der Waals surface area (Å²) >= 11 is 0. The van der Waals surface area contributed by atoms with Gasteiger partial charge in [-0.05, 0) is 6.42 Å². The van der Waals surface area contributed by atoms with E-state index in [4.69, 9.17) is 14.4 Å². The fraction of sp³-hybridized carbons (Fsp3) is 0.533. The molecular weight excluding hydrogens is 330 g/mol. The highest BCUT2D eigenvalue weighted by Gasteiger charge is 2.51. The molecule has 1 N–H and O–H groups in total. The molecule has 1 amide bonds. The smallest absolute Gasteiger partial charge is 0.307 e. The molecule has 1 aliphatic heterocycles. The molecule has 0 aromatic carbocycles. The highest BCUT2D eigenvalue weighted by atomic mass is 16.5. The van der Waals surface area contributed by atoms with Crippen LogP contribution in [-0.2, 0) is 21.4 Å². The number of carboxylic acids is 1. The summed E-state index contributed by atoms with van der Waals surface area (Å²) in [7, 11) is 1.78. The number of aliphatic carboxylic acids is 1. The molecule has 2 aromatic heterocycles. The third-order valence-corrected chi connectivity index (χ3v) is 4.53. The lowest BCUT2D eigenvalue weighted by Crippen LogP contribution is -2.45. The summed E-state index contributed by atoms with van der Waals surface area (Å²) in [5.74, 6) is -1.51. The van der Waals surface area contributed by atoms with Crippen LogP contribution in [0.15, 0.2) is 16.9 Å². The van der Waals surface area contributed by atoms with Gasteiger partial charge in [0.25, 0.3) is 5.89 Å². The lowest BCUT2D eigenvalue weighted by molar-refractivity contribution is -0.146. The van der Waals surface area contributed by atoms with Gasteiger partial charge >= 0.3 is 5.97 Å². The van der Waals surface area contributed by atoms with Gasteiger partial charge in [-0.3, -0.25) is 14.3 Å². The highest BCUT2D eigenvalue weighted by molar-refractivity contribution is 5.89. The first-order chi connectivity index (χ1) is 12.0. The fourth-order valence-electron chi connectivity index (χ4n) is 3.05. The summed E-state index contributed by atoms with van der Waals surface area (Å²) in [6.07, 6.45) is 3.74. The number of hydrogen-bond donors (Lipinski definition) is 1. The van der Waals surface area contributed by atoms with Gasteiger partial charge in [0.1, 0.15) is 6.04 Å². The lowest BCUT2D eigenvalue weighted by Gasteiger charge is -2.33. The first kappa shape index (κ1) is 15.8. The summed E-state index contributed by atoms with van der Waals surface area (Å²) in [4.78, 5) is 29.6. The van der Waals surface area contributed by atoms with Crippen LogP contribution in [0, 0.1) is 11.8 Å². The van der Waals surface area contributed by atoms with Gasteiger partial charge < -0.3 is 19.3 Å². The summed E-state index contributed by atoms with van der Waals surface area (Å²) < 4.78 is 12.4. The van der Waals surface area contributed by atoms with Crippen molar-refractivity contribution in [2.45, 2.75) is 12.5 Å². The van der Waals surface area contributed by atoms with E-state index in [9.17, 15) is 9.59 Å². The number of amides is 1. The van der Waals surface area contributed by atoms with Crippen LogP contribution in [0.4, 0.5) is 0 Å². The maximum atomic E-state index is 12.6. The molecule has 25 heavy (non-hydrogen) atoms. The van der Waals surface area contributed by atoms with E-state index in [2.05, 4.69) is 15.2 Å². The normalized spacial score (nSPS) is 25.8. The topological polar surface area (TPSA) is 124 Å². The van der Waals surface area contributed by atoms with E-state index in [1.807, 2.05) is 0 Å². The largest absolute Gasteiger partial charge is 0.481 e. The average molecular weight is 347 g/mol. The van der Waals surface area contributed by atoms with Crippen molar-refractivity contribution < 1.29 is 24.0 Å². The fourth-order valence-corrected chi connectivity index (χ4v) is 3.05. The van der Waals surface area contributed by atoms with Gasteiger partial charge in [0.15, 0.2) is 5.82 Å². The number of aryl methyl sites for hydroxylation is 1. The molecular formula is C15H17N5O5. The van der Waals surface area contributed by atoms with Crippen LogP contribution in [0.5, 0.6) is 0 Å². The summed E-state index contributed by atoms with van der Waals surface area (Å²) in [6, 6.07) is -0.481. The van der Waals surface area contributed by atoms with Gasteiger partial charge in [0.2, 0.25) is 5.91 Å². The molecule has 0 radical (unpaired) electrons. The van der Waals surface area contributed by atoms with Crippen LogP contribution >= 0.6 is 0 Å². The van der Waals surface area contributed by atoms with Crippen molar-refractivity contribution in [2.24, 2.45) is 18.9 Å². The lowest BCUT2D eigenvalue weighted by atomic mass is 10.1. The Bertz CT molecular complexity index is 815. The average Bonchev–Trinajstić information content (AvgIpc) is 3.06. The van der Waals surface area contributed by atoms with Gasteiger partial charge in [0, 0.05) is 19.8 Å². The minimum atomic E-state index is -0.929. The second-order valence-corrected chi connectivity index (χ2v) is 6.27. The summed E-state index contributed by atoms with van der Waals surface area (Å²) in [5, 5.41) is 17.1. The Balaban J connectivity index is 1.54. The van der Waals surface area contributed by atoms with Gasteiger partial charge in [-0.15, -0.1) is 0 Å². The molecule has 2 aromatic rings. The van der Waals surface area contributed by atoms with E-state index in [1.165, 1.54) is 0 Å². The highest BCUT2D eigenvalue weighted by Crippen LogP contribution is 2.41. The molecule has 2 fully saturated rings. The third-order valence-electron chi connectivity index (χ3n) is 4.53. The van der Waals surface area contributed by atoms with Gasteiger partial charge in [-0.1, -0.05) is 5.16 Å². The maximum Gasteiger partial charge on any atom is 0.307 e. The minimum Gasteiger partial charge on any atom is -0.481 e. The van der Waals surface area contributed by atoms with Crippen molar-refractivity contribution in [1.29, 1.82) is 0 Å².